The highest BCUT2D eigenvalue weighted by Gasteiger charge is 2.19. The van der Waals surface area contributed by atoms with Gasteiger partial charge in [0.05, 0.1) is 0 Å². The van der Waals surface area contributed by atoms with Crippen LogP contribution in [0.4, 0.5) is 5.69 Å². The highest BCUT2D eigenvalue weighted by molar-refractivity contribution is 5.94. The molecule has 0 atom stereocenters. The molecule has 1 aliphatic rings. The number of para-hydroxylation sites is 1. The lowest BCUT2D eigenvalue weighted by molar-refractivity contribution is -0.118. The Bertz CT molecular complexity index is 840. The molecule has 0 aliphatic carbocycles. The molecule has 0 radical (unpaired) electrons. The van der Waals surface area contributed by atoms with Gasteiger partial charge in [0, 0.05) is 50.0 Å². The van der Waals surface area contributed by atoms with E-state index in [0.29, 0.717) is 19.6 Å². The van der Waals surface area contributed by atoms with Crippen molar-refractivity contribution in [3.63, 3.8) is 0 Å². The van der Waals surface area contributed by atoms with Crippen LogP contribution in [-0.2, 0) is 11.2 Å². The van der Waals surface area contributed by atoms with Crippen molar-refractivity contribution in [2.75, 3.05) is 24.7 Å². The largest absolute Gasteiger partial charge is 0.358 e. The van der Waals surface area contributed by atoms with Crippen LogP contribution < -0.4 is 4.90 Å². The lowest BCUT2D eigenvalue weighted by atomic mass is 10.1. The SMILES string of the molecule is Cc1cccc(C)c1N(CCCN1C=CC=NC1)C(=O)CCCc1cccnc1. The third-order valence-corrected chi connectivity index (χ3v) is 5.17. The lowest BCUT2D eigenvalue weighted by Gasteiger charge is -2.28. The number of aromatic nitrogens is 1. The Hall–Kier alpha value is -2.95. The number of rotatable bonds is 9. The van der Waals surface area contributed by atoms with Gasteiger partial charge < -0.3 is 9.80 Å². The fourth-order valence-corrected chi connectivity index (χ4v) is 3.71. The van der Waals surface area contributed by atoms with E-state index in [-0.39, 0.29) is 5.91 Å². The van der Waals surface area contributed by atoms with E-state index in [9.17, 15) is 4.79 Å². The van der Waals surface area contributed by atoms with Gasteiger partial charge in [-0.05, 0) is 61.9 Å². The third-order valence-electron chi connectivity index (χ3n) is 5.17. The van der Waals surface area contributed by atoms with Crippen molar-refractivity contribution in [3.05, 3.63) is 71.7 Å². The van der Waals surface area contributed by atoms with Crippen molar-refractivity contribution in [2.45, 2.75) is 39.5 Å². The Morgan fingerprint density at radius 1 is 1.14 bits per heavy atom. The number of anilines is 1. The van der Waals surface area contributed by atoms with Crippen molar-refractivity contribution in [1.29, 1.82) is 0 Å². The van der Waals surface area contributed by atoms with E-state index < -0.39 is 0 Å². The molecule has 1 aromatic carbocycles. The number of nitrogens with zero attached hydrogens (tertiary/aromatic N) is 4. The molecule has 2 heterocycles. The number of allylic oxidation sites excluding steroid dienone is 1. The van der Waals surface area contributed by atoms with Crippen molar-refractivity contribution in [2.24, 2.45) is 4.99 Å². The average Bonchev–Trinajstić information content (AvgIpc) is 2.74. The van der Waals surface area contributed by atoms with Crippen LogP contribution in [0, 0.1) is 13.8 Å². The number of benzene rings is 1. The molecule has 1 aliphatic heterocycles. The molecule has 1 aromatic heterocycles. The number of hydrogen-bond donors (Lipinski definition) is 0. The first kappa shape index (κ1) is 20.8. The molecule has 3 rings (SSSR count). The van der Waals surface area contributed by atoms with Crippen molar-refractivity contribution in [3.8, 4) is 0 Å². The normalized spacial score (nSPS) is 13.0. The first-order valence-electron chi connectivity index (χ1n) is 10.3. The van der Waals surface area contributed by atoms with Gasteiger partial charge in [0.15, 0.2) is 0 Å². The molecular formula is C24H30N4O. The molecule has 0 saturated carbocycles. The van der Waals surface area contributed by atoms with Gasteiger partial charge in [0.2, 0.25) is 5.91 Å². The van der Waals surface area contributed by atoms with Crippen LogP contribution in [0.1, 0.15) is 36.0 Å². The molecule has 0 spiro atoms. The summed E-state index contributed by atoms with van der Waals surface area (Å²) in [6.07, 6.45) is 12.6. The van der Waals surface area contributed by atoms with Gasteiger partial charge in [0.25, 0.3) is 0 Å². The zero-order chi connectivity index (χ0) is 20.5. The average molecular weight is 391 g/mol. The van der Waals surface area contributed by atoms with E-state index in [1.54, 1.807) is 6.20 Å². The molecule has 0 fully saturated rings. The second-order valence-electron chi connectivity index (χ2n) is 7.48. The number of pyridine rings is 1. The van der Waals surface area contributed by atoms with Gasteiger partial charge in [-0.2, -0.15) is 0 Å². The fourth-order valence-electron chi connectivity index (χ4n) is 3.71. The van der Waals surface area contributed by atoms with Crippen LogP contribution >= 0.6 is 0 Å². The molecule has 0 N–H and O–H groups in total. The van der Waals surface area contributed by atoms with E-state index in [4.69, 9.17) is 0 Å². The predicted octanol–water partition coefficient (Wildman–Crippen LogP) is 4.30. The summed E-state index contributed by atoms with van der Waals surface area (Å²) < 4.78 is 0. The number of aryl methyl sites for hydroxylation is 3. The molecular weight excluding hydrogens is 360 g/mol. The minimum atomic E-state index is 0.193. The molecule has 152 valence electrons. The Labute approximate surface area is 173 Å². The van der Waals surface area contributed by atoms with E-state index in [1.165, 1.54) is 5.56 Å². The van der Waals surface area contributed by atoms with Crippen molar-refractivity contribution < 1.29 is 4.79 Å². The van der Waals surface area contributed by atoms with Crippen LogP contribution in [-0.4, -0.2) is 41.8 Å². The van der Waals surface area contributed by atoms with E-state index in [2.05, 4.69) is 59.2 Å². The molecule has 1 amide bonds. The van der Waals surface area contributed by atoms with Gasteiger partial charge in [-0.3, -0.25) is 14.8 Å². The summed E-state index contributed by atoms with van der Waals surface area (Å²) in [5, 5.41) is 0. The quantitative estimate of drug-likeness (QED) is 0.641. The first-order chi connectivity index (χ1) is 14.1. The number of aliphatic imine (C=N–C) groups is 1. The number of carbonyl (C=O) groups is 1. The summed E-state index contributed by atoms with van der Waals surface area (Å²) in [6.45, 7) is 6.46. The lowest BCUT2D eigenvalue weighted by Crippen LogP contribution is -2.35. The van der Waals surface area contributed by atoms with Gasteiger partial charge in [-0.25, -0.2) is 0 Å². The standard InChI is InChI=1S/C24H30N4O/c1-20-8-3-9-21(2)24(20)28(17-7-16-27-15-6-14-26-19-27)23(29)12-4-10-22-11-5-13-25-18-22/h3,5-6,8-9,11,13-15,18H,4,7,10,12,16-17,19H2,1-2H3. The summed E-state index contributed by atoms with van der Waals surface area (Å²) in [6, 6.07) is 10.2. The van der Waals surface area contributed by atoms with Crippen molar-refractivity contribution >= 4 is 17.8 Å². The molecule has 0 saturated heterocycles. The number of amides is 1. The van der Waals surface area contributed by atoms with Crippen LogP contribution in [0.3, 0.4) is 0 Å². The Morgan fingerprint density at radius 2 is 1.97 bits per heavy atom. The first-order valence-corrected chi connectivity index (χ1v) is 10.3. The van der Waals surface area contributed by atoms with Crippen molar-refractivity contribution in [1.82, 2.24) is 9.88 Å². The molecule has 2 aromatic rings. The highest BCUT2D eigenvalue weighted by atomic mass is 16.2. The second kappa shape index (κ2) is 10.6. The van der Waals surface area contributed by atoms with Gasteiger partial charge >= 0.3 is 0 Å². The summed E-state index contributed by atoms with van der Waals surface area (Å²) in [7, 11) is 0. The molecule has 5 nitrogen and oxygen atoms in total. The van der Waals surface area contributed by atoms with E-state index >= 15 is 0 Å². The highest BCUT2D eigenvalue weighted by Crippen LogP contribution is 2.26. The van der Waals surface area contributed by atoms with Crippen LogP contribution in [0.2, 0.25) is 0 Å². The topological polar surface area (TPSA) is 48.8 Å². The molecule has 5 heteroatoms. The maximum atomic E-state index is 13.2. The van der Waals surface area contributed by atoms with Gasteiger partial charge in [0.1, 0.15) is 6.67 Å². The monoisotopic (exact) mass is 390 g/mol. The molecule has 0 bridgehead atoms. The summed E-state index contributed by atoms with van der Waals surface area (Å²) in [5.41, 5.74) is 4.53. The van der Waals surface area contributed by atoms with E-state index in [0.717, 1.165) is 42.6 Å². The maximum Gasteiger partial charge on any atom is 0.227 e. The molecule has 0 unspecified atom stereocenters. The van der Waals surface area contributed by atoms with E-state index in [1.807, 2.05) is 29.5 Å². The van der Waals surface area contributed by atoms with Gasteiger partial charge in [-0.15, -0.1) is 0 Å². The maximum absolute atomic E-state index is 13.2. The minimum Gasteiger partial charge on any atom is -0.358 e. The number of hydrogen-bond acceptors (Lipinski definition) is 4. The van der Waals surface area contributed by atoms with Gasteiger partial charge in [-0.1, -0.05) is 24.3 Å². The Balaban J connectivity index is 1.63. The smallest absolute Gasteiger partial charge is 0.227 e. The zero-order valence-corrected chi connectivity index (χ0v) is 17.4. The second-order valence-corrected chi connectivity index (χ2v) is 7.48. The minimum absolute atomic E-state index is 0.193. The number of carbonyl (C=O) groups excluding carboxylic acids is 1. The van der Waals surface area contributed by atoms with Crippen LogP contribution in [0.5, 0.6) is 0 Å². The Kier molecular flexibility index (Phi) is 7.56. The summed E-state index contributed by atoms with van der Waals surface area (Å²) in [4.78, 5) is 25.8. The zero-order valence-electron chi connectivity index (χ0n) is 17.4. The third kappa shape index (κ3) is 6.01. The van der Waals surface area contributed by atoms with Crippen LogP contribution in [0.15, 0.2) is 60.0 Å². The summed E-state index contributed by atoms with van der Waals surface area (Å²) in [5.74, 6) is 0.193. The summed E-state index contributed by atoms with van der Waals surface area (Å²) >= 11 is 0. The predicted molar refractivity (Wildman–Crippen MR) is 119 cm³/mol. The fraction of sp³-hybridized carbons (Fsp3) is 0.375. The van der Waals surface area contributed by atoms with Crippen LogP contribution in [0.25, 0.3) is 0 Å². The molecule has 29 heavy (non-hydrogen) atoms. The Morgan fingerprint density at radius 3 is 2.66 bits per heavy atom.